The van der Waals surface area contributed by atoms with Crippen molar-refractivity contribution in [1.82, 2.24) is 5.39 Å². The van der Waals surface area contributed by atoms with Crippen LogP contribution in [0.1, 0.15) is 30.5 Å². The van der Waals surface area contributed by atoms with Crippen LogP contribution in [-0.2, 0) is 29.7 Å². The van der Waals surface area contributed by atoms with Crippen molar-refractivity contribution in [2.45, 2.75) is 19.4 Å². The van der Waals surface area contributed by atoms with E-state index in [4.69, 9.17) is 14.5 Å². The van der Waals surface area contributed by atoms with Crippen molar-refractivity contribution in [1.29, 1.82) is 0 Å². The van der Waals surface area contributed by atoms with Crippen LogP contribution in [0.2, 0.25) is 0 Å². The molecule has 0 atom stereocenters. The summed E-state index contributed by atoms with van der Waals surface area (Å²) >= 11 is 0. The third-order valence-corrected chi connectivity index (χ3v) is 4.16. The summed E-state index contributed by atoms with van der Waals surface area (Å²) < 4.78 is 0. The van der Waals surface area contributed by atoms with Gasteiger partial charge in [0.15, 0.2) is 11.0 Å². The number of hydrogen-bond acceptors (Lipinski definition) is 6. The van der Waals surface area contributed by atoms with E-state index in [-0.39, 0.29) is 0 Å². The molecular formula is C23H21NO5. The average Bonchev–Trinajstić information content (AvgIpc) is 2.73. The zero-order valence-electron chi connectivity index (χ0n) is 16.1. The van der Waals surface area contributed by atoms with Gasteiger partial charge in [0.1, 0.15) is 0 Å². The van der Waals surface area contributed by atoms with E-state index in [9.17, 15) is 9.59 Å². The Kier molecular flexibility index (Phi) is 6.39. The fourth-order valence-electron chi connectivity index (χ4n) is 3.05. The van der Waals surface area contributed by atoms with Gasteiger partial charge in [-0.1, -0.05) is 91.0 Å². The van der Waals surface area contributed by atoms with Crippen LogP contribution in [0.3, 0.4) is 0 Å². The van der Waals surface area contributed by atoms with Gasteiger partial charge in [-0.05, 0) is 16.7 Å². The molecule has 29 heavy (non-hydrogen) atoms. The van der Waals surface area contributed by atoms with Gasteiger partial charge in [0.25, 0.3) is 0 Å². The van der Waals surface area contributed by atoms with Crippen LogP contribution in [-0.4, -0.2) is 17.3 Å². The molecule has 6 nitrogen and oxygen atoms in total. The smallest absolute Gasteiger partial charge is 0.310 e. The van der Waals surface area contributed by atoms with Crippen LogP contribution in [0.25, 0.3) is 0 Å². The number of nitrogens with zero attached hydrogens (tertiary/aromatic N) is 1. The van der Waals surface area contributed by atoms with Crippen molar-refractivity contribution in [2.75, 3.05) is 0 Å². The number of benzene rings is 3. The molecule has 6 heteroatoms. The monoisotopic (exact) mass is 391 g/mol. The van der Waals surface area contributed by atoms with E-state index in [0.717, 1.165) is 16.7 Å². The number of carbonyl (C=O) groups is 2. The minimum atomic E-state index is -1.26. The summed E-state index contributed by atoms with van der Waals surface area (Å²) in [5.74, 6) is -1.40. The molecule has 0 bridgehead atoms. The molecule has 0 fully saturated rings. The molecule has 0 spiro atoms. The van der Waals surface area contributed by atoms with Gasteiger partial charge < -0.3 is 9.68 Å². The molecule has 0 unspecified atom stereocenters. The summed E-state index contributed by atoms with van der Waals surface area (Å²) in [4.78, 5) is 39.4. The lowest BCUT2D eigenvalue weighted by atomic mass is 9.80. The van der Waals surface area contributed by atoms with Gasteiger partial charge in [0, 0.05) is 13.8 Å². The van der Waals surface area contributed by atoms with Crippen molar-refractivity contribution in [3.8, 4) is 0 Å². The van der Waals surface area contributed by atoms with E-state index in [0.29, 0.717) is 5.39 Å². The maximum atomic E-state index is 11.6. The molecule has 0 radical (unpaired) electrons. The highest BCUT2D eigenvalue weighted by Gasteiger charge is 2.42. The van der Waals surface area contributed by atoms with Crippen molar-refractivity contribution < 1.29 is 24.1 Å². The zero-order valence-corrected chi connectivity index (χ0v) is 16.1. The predicted octanol–water partition coefficient (Wildman–Crippen LogP) is 4.17. The van der Waals surface area contributed by atoms with Gasteiger partial charge in [0.2, 0.25) is 0 Å². The summed E-state index contributed by atoms with van der Waals surface area (Å²) in [5, 5.41) is 0.470. The van der Waals surface area contributed by atoms with Crippen LogP contribution < -0.4 is 0 Å². The molecule has 3 aromatic rings. The second-order valence-corrected chi connectivity index (χ2v) is 6.26. The largest absolute Gasteiger partial charge is 0.328 e. The molecular weight excluding hydrogens is 370 g/mol. The Balaban J connectivity index is 2.24. The van der Waals surface area contributed by atoms with E-state index in [1.54, 1.807) is 0 Å². The quantitative estimate of drug-likeness (QED) is 0.445. The fourth-order valence-corrected chi connectivity index (χ4v) is 3.05. The van der Waals surface area contributed by atoms with Gasteiger partial charge in [0.05, 0.1) is 0 Å². The van der Waals surface area contributed by atoms with Gasteiger partial charge in [-0.15, -0.1) is 0 Å². The minimum Gasteiger partial charge on any atom is -0.310 e. The second-order valence-electron chi connectivity index (χ2n) is 6.26. The normalized spacial score (nSPS) is 11.1. The first-order valence-corrected chi connectivity index (χ1v) is 9.05. The van der Waals surface area contributed by atoms with E-state index >= 15 is 0 Å². The highest BCUT2D eigenvalue weighted by molar-refractivity contribution is 5.67. The van der Waals surface area contributed by atoms with E-state index < -0.39 is 17.5 Å². The summed E-state index contributed by atoms with van der Waals surface area (Å²) in [6.45, 7) is 2.38. The minimum absolute atomic E-state index is 0.470. The predicted molar refractivity (Wildman–Crippen MR) is 106 cm³/mol. The Labute approximate surface area is 169 Å². The molecule has 0 aliphatic carbocycles. The van der Waals surface area contributed by atoms with Crippen LogP contribution in [0.15, 0.2) is 91.0 Å². The molecule has 0 heterocycles. The Morgan fingerprint density at radius 3 is 1.21 bits per heavy atom. The fraction of sp³-hybridized carbons (Fsp3) is 0.130. The van der Waals surface area contributed by atoms with Crippen LogP contribution in [0.5, 0.6) is 0 Å². The highest BCUT2D eigenvalue weighted by Crippen LogP contribution is 2.41. The summed E-state index contributed by atoms with van der Waals surface area (Å²) in [6, 6.07) is 28.3. The van der Waals surface area contributed by atoms with Gasteiger partial charge in [-0.25, -0.2) is 4.84 Å². The molecule has 0 N–H and O–H groups in total. The summed E-state index contributed by atoms with van der Waals surface area (Å²) in [6.07, 6.45) is 0. The maximum absolute atomic E-state index is 11.6. The van der Waals surface area contributed by atoms with Gasteiger partial charge in [-0.3, -0.25) is 9.59 Å². The number of carbonyl (C=O) groups excluding carboxylic acids is 2. The van der Waals surface area contributed by atoms with Crippen LogP contribution in [0, 0.1) is 0 Å². The Morgan fingerprint density at radius 2 is 0.931 bits per heavy atom. The van der Waals surface area contributed by atoms with E-state index in [2.05, 4.69) is 0 Å². The van der Waals surface area contributed by atoms with Gasteiger partial charge >= 0.3 is 11.9 Å². The highest BCUT2D eigenvalue weighted by atomic mass is 17.2. The van der Waals surface area contributed by atoms with Crippen LogP contribution in [0.4, 0.5) is 0 Å². The Bertz CT molecular complexity index is 832. The van der Waals surface area contributed by atoms with Crippen molar-refractivity contribution in [3.63, 3.8) is 0 Å². The second kappa shape index (κ2) is 9.14. The first-order valence-electron chi connectivity index (χ1n) is 9.05. The molecule has 148 valence electrons. The van der Waals surface area contributed by atoms with E-state index in [1.165, 1.54) is 13.8 Å². The molecule has 0 saturated heterocycles. The standard InChI is InChI=1S/C23H21NO5/c1-18(25)27-24(28-19(2)26)29-23(20-12-6-3-7-13-20,21-14-8-4-9-15-21)22-16-10-5-11-17-22/h3-17H,1-2H3. The number of rotatable bonds is 7. The third kappa shape index (κ3) is 4.68. The average molecular weight is 391 g/mol. The van der Waals surface area contributed by atoms with Crippen LogP contribution >= 0.6 is 0 Å². The zero-order chi connectivity index (χ0) is 20.7. The van der Waals surface area contributed by atoms with E-state index in [1.807, 2.05) is 91.0 Å². The topological polar surface area (TPSA) is 65.1 Å². The lowest BCUT2D eigenvalue weighted by Gasteiger charge is -2.36. The Hall–Kier alpha value is -3.48. The van der Waals surface area contributed by atoms with Crippen molar-refractivity contribution >= 4 is 11.9 Å². The first-order chi connectivity index (χ1) is 14.0. The maximum Gasteiger partial charge on any atom is 0.328 e. The SMILES string of the molecule is CC(=O)ON(OC(C)=O)OC(c1ccccc1)(c1ccccc1)c1ccccc1. The number of hydrogen-bond donors (Lipinski definition) is 0. The lowest BCUT2D eigenvalue weighted by Crippen LogP contribution is -2.42. The third-order valence-electron chi connectivity index (χ3n) is 4.16. The Morgan fingerprint density at radius 1 is 0.621 bits per heavy atom. The van der Waals surface area contributed by atoms with Crippen molar-refractivity contribution in [2.24, 2.45) is 0 Å². The first kappa shape index (κ1) is 20.3. The van der Waals surface area contributed by atoms with Crippen molar-refractivity contribution in [3.05, 3.63) is 108 Å². The molecule has 3 aromatic carbocycles. The lowest BCUT2D eigenvalue weighted by molar-refractivity contribution is -0.506. The molecule has 3 rings (SSSR count). The molecule has 0 aromatic heterocycles. The molecule has 0 aliphatic heterocycles. The molecule has 0 aliphatic rings. The molecule has 0 saturated carbocycles. The van der Waals surface area contributed by atoms with Gasteiger partial charge in [-0.2, -0.15) is 0 Å². The summed E-state index contributed by atoms with van der Waals surface area (Å²) in [5.41, 5.74) is 0.999. The molecule has 0 amide bonds. The summed E-state index contributed by atoms with van der Waals surface area (Å²) in [7, 11) is 0.